The van der Waals surface area contributed by atoms with Crippen LogP contribution in [0, 0.1) is 11.8 Å². The molecule has 16 heavy (non-hydrogen) atoms. The Hall–Kier alpha value is -0.640. The van der Waals surface area contributed by atoms with Gasteiger partial charge >= 0.3 is 5.92 Å². The van der Waals surface area contributed by atoms with Crippen molar-refractivity contribution >= 4 is 0 Å². The number of rotatable bonds is 7. The smallest absolute Gasteiger partial charge is 0.304 e. The van der Waals surface area contributed by atoms with Crippen molar-refractivity contribution in [3.05, 3.63) is 11.8 Å². The Morgan fingerprint density at radius 2 is 1.75 bits per heavy atom. The highest BCUT2D eigenvalue weighted by Crippen LogP contribution is 2.20. The third kappa shape index (κ3) is 6.77. The third-order valence-corrected chi connectivity index (χ3v) is 1.87. The van der Waals surface area contributed by atoms with E-state index in [-0.39, 0.29) is 11.8 Å². The normalized spacial score (nSPS) is 13.7. The van der Waals surface area contributed by atoms with Crippen molar-refractivity contribution in [3.8, 4) is 0 Å². The molecule has 0 N–H and O–H groups in total. The predicted molar refractivity (Wildman–Crippen MR) is 60.5 cm³/mol. The average Bonchev–Trinajstić information content (AvgIpc) is 2.11. The van der Waals surface area contributed by atoms with Gasteiger partial charge in [-0.3, -0.25) is 0 Å². The number of halogens is 2. The summed E-state index contributed by atoms with van der Waals surface area (Å²) in [6.45, 7) is 6.57. The summed E-state index contributed by atoms with van der Waals surface area (Å²) in [6.07, 6.45) is 1.87. The molecule has 0 fully saturated rings. The van der Waals surface area contributed by atoms with Gasteiger partial charge in [-0.1, -0.05) is 27.7 Å². The summed E-state index contributed by atoms with van der Waals surface area (Å²) in [5.74, 6) is -1.92. The molecule has 0 radical (unpaired) electrons. The standard InChI is InChI=1S/C12H22F2O2/c1-9(2)6-11(10(3)4)16-8-12(13,14)7-15-5/h6,9-10H,7-8H2,1-5H3/b11-6+. The Bertz CT molecular complexity index is 223. The van der Waals surface area contributed by atoms with Gasteiger partial charge in [0, 0.05) is 13.0 Å². The van der Waals surface area contributed by atoms with E-state index in [2.05, 4.69) is 4.74 Å². The van der Waals surface area contributed by atoms with E-state index < -0.39 is 19.1 Å². The summed E-state index contributed by atoms with van der Waals surface area (Å²) in [5.41, 5.74) is 0. The molecule has 0 atom stereocenters. The van der Waals surface area contributed by atoms with Crippen LogP contribution in [0.3, 0.4) is 0 Å². The lowest BCUT2D eigenvalue weighted by Crippen LogP contribution is -2.29. The van der Waals surface area contributed by atoms with E-state index in [1.807, 2.05) is 33.8 Å². The number of hydrogen-bond donors (Lipinski definition) is 0. The van der Waals surface area contributed by atoms with Crippen molar-refractivity contribution in [1.82, 2.24) is 0 Å². The number of allylic oxidation sites excluding steroid dienone is 2. The van der Waals surface area contributed by atoms with Crippen LogP contribution in [0.5, 0.6) is 0 Å². The fourth-order valence-corrected chi connectivity index (χ4v) is 1.18. The summed E-state index contributed by atoms with van der Waals surface area (Å²) in [5, 5.41) is 0. The van der Waals surface area contributed by atoms with Gasteiger partial charge in [0.25, 0.3) is 0 Å². The summed E-state index contributed by atoms with van der Waals surface area (Å²) in [6, 6.07) is 0. The first-order chi connectivity index (χ1) is 7.28. The molecule has 0 bridgehead atoms. The van der Waals surface area contributed by atoms with E-state index in [0.717, 1.165) is 0 Å². The Kier molecular flexibility index (Phi) is 6.56. The quantitative estimate of drug-likeness (QED) is 0.630. The van der Waals surface area contributed by atoms with E-state index in [1.165, 1.54) is 7.11 Å². The topological polar surface area (TPSA) is 18.5 Å². The number of methoxy groups -OCH3 is 1. The molecule has 0 spiro atoms. The van der Waals surface area contributed by atoms with E-state index in [9.17, 15) is 8.78 Å². The Morgan fingerprint density at radius 1 is 1.19 bits per heavy atom. The van der Waals surface area contributed by atoms with E-state index in [4.69, 9.17) is 4.74 Å². The summed E-state index contributed by atoms with van der Waals surface area (Å²) in [4.78, 5) is 0. The minimum absolute atomic E-state index is 0.112. The van der Waals surface area contributed by atoms with Crippen molar-refractivity contribution in [2.75, 3.05) is 20.3 Å². The van der Waals surface area contributed by atoms with Gasteiger partial charge < -0.3 is 9.47 Å². The van der Waals surface area contributed by atoms with Crippen LogP contribution in [0.2, 0.25) is 0 Å². The molecule has 0 rings (SSSR count). The Labute approximate surface area is 96.6 Å². The summed E-state index contributed by atoms with van der Waals surface area (Å²) < 4.78 is 35.8. The highest BCUT2D eigenvalue weighted by Gasteiger charge is 2.30. The molecule has 0 heterocycles. The molecule has 0 amide bonds. The van der Waals surface area contributed by atoms with Crippen molar-refractivity contribution in [3.63, 3.8) is 0 Å². The fourth-order valence-electron chi connectivity index (χ4n) is 1.18. The molecule has 0 aromatic carbocycles. The second kappa shape index (κ2) is 6.84. The molecule has 0 aromatic rings. The number of alkyl halides is 2. The van der Waals surface area contributed by atoms with Crippen molar-refractivity contribution < 1.29 is 18.3 Å². The van der Waals surface area contributed by atoms with Crippen LogP contribution >= 0.6 is 0 Å². The van der Waals surface area contributed by atoms with Crippen LogP contribution in [-0.2, 0) is 9.47 Å². The molecular formula is C12H22F2O2. The molecule has 2 nitrogen and oxygen atoms in total. The van der Waals surface area contributed by atoms with Crippen molar-refractivity contribution in [2.45, 2.75) is 33.6 Å². The van der Waals surface area contributed by atoms with Gasteiger partial charge in [0.2, 0.25) is 0 Å². The van der Waals surface area contributed by atoms with Gasteiger partial charge in [-0.25, -0.2) is 8.78 Å². The molecular weight excluding hydrogens is 214 g/mol. The van der Waals surface area contributed by atoms with Gasteiger partial charge in [-0.15, -0.1) is 0 Å². The maximum Gasteiger partial charge on any atom is 0.304 e. The molecule has 96 valence electrons. The summed E-state index contributed by atoms with van der Waals surface area (Å²) >= 11 is 0. The lowest BCUT2D eigenvalue weighted by atomic mass is 10.1. The maximum atomic E-state index is 13.1. The van der Waals surface area contributed by atoms with Gasteiger partial charge in [0.05, 0.1) is 5.76 Å². The molecule has 0 unspecified atom stereocenters. The third-order valence-electron chi connectivity index (χ3n) is 1.87. The zero-order chi connectivity index (χ0) is 12.8. The second-order valence-electron chi connectivity index (χ2n) is 4.55. The van der Waals surface area contributed by atoms with Gasteiger partial charge in [-0.05, 0) is 12.0 Å². The van der Waals surface area contributed by atoms with E-state index in [0.29, 0.717) is 5.76 Å². The SMILES string of the molecule is COCC(F)(F)CO/C(=C/C(C)C)C(C)C. The zero-order valence-electron chi connectivity index (χ0n) is 10.7. The molecule has 0 aromatic heterocycles. The highest BCUT2D eigenvalue weighted by atomic mass is 19.3. The van der Waals surface area contributed by atoms with Gasteiger partial charge in [0.1, 0.15) is 6.61 Å². The monoisotopic (exact) mass is 236 g/mol. The number of ether oxygens (including phenoxy) is 2. The molecule has 0 aliphatic heterocycles. The highest BCUT2D eigenvalue weighted by molar-refractivity contribution is 4.98. The lowest BCUT2D eigenvalue weighted by Gasteiger charge is -2.20. The maximum absolute atomic E-state index is 13.1. The average molecular weight is 236 g/mol. The van der Waals surface area contributed by atoms with Crippen LogP contribution in [0.1, 0.15) is 27.7 Å². The van der Waals surface area contributed by atoms with Crippen LogP contribution in [0.4, 0.5) is 8.78 Å². The van der Waals surface area contributed by atoms with Crippen LogP contribution in [-0.4, -0.2) is 26.2 Å². The Morgan fingerprint density at radius 3 is 2.12 bits per heavy atom. The largest absolute Gasteiger partial charge is 0.492 e. The first kappa shape index (κ1) is 15.4. The van der Waals surface area contributed by atoms with Gasteiger partial charge in [-0.2, -0.15) is 0 Å². The van der Waals surface area contributed by atoms with Crippen LogP contribution < -0.4 is 0 Å². The first-order valence-electron chi connectivity index (χ1n) is 5.49. The molecule has 0 saturated heterocycles. The molecule has 0 saturated carbocycles. The van der Waals surface area contributed by atoms with Crippen LogP contribution in [0.25, 0.3) is 0 Å². The lowest BCUT2D eigenvalue weighted by molar-refractivity contribution is -0.106. The van der Waals surface area contributed by atoms with E-state index in [1.54, 1.807) is 0 Å². The van der Waals surface area contributed by atoms with Crippen LogP contribution in [0.15, 0.2) is 11.8 Å². The van der Waals surface area contributed by atoms with Gasteiger partial charge in [0.15, 0.2) is 6.61 Å². The minimum Gasteiger partial charge on any atom is -0.492 e. The minimum atomic E-state index is -2.93. The predicted octanol–water partition coefficient (Wildman–Crippen LogP) is 3.48. The Balaban J connectivity index is 4.33. The van der Waals surface area contributed by atoms with Crippen molar-refractivity contribution in [2.24, 2.45) is 11.8 Å². The fraction of sp³-hybridized carbons (Fsp3) is 0.833. The van der Waals surface area contributed by atoms with Crippen molar-refractivity contribution in [1.29, 1.82) is 0 Å². The first-order valence-corrected chi connectivity index (χ1v) is 5.49. The summed E-state index contributed by atoms with van der Waals surface area (Å²) in [7, 11) is 1.25. The molecule has 4 heteroatoms. The second-order valence-corrected chi connectivity index (χ2v) is 4.55. The number of hydrogen-bond acceptors (Lipinski definition) is 2. The van der Waals surface area contributed by atoms with E-state index >= 15 is 0 Å². The zero-order valence-corrected chi connectivity index (χ0v) is 10.7. The molecule has 0 aliphatic carbocycles. The molecule has 0 aliphatic rings.